The Morgan fingerprint density at radius 2 is 2.32 bits per heavy atom. The third-order valence-electron chi connectivity index (χ3n) is 2.12. The van der Waals surface area contributed by atoms with Crippen LogP contribution in [0.1, 0.15) is 5.56 Å². The van der Waals surface area contributed by atoms with Crippen molar-refractivity contribution in [3.05, 3.63) is 36.3 Å². The summed E-state index contributed by atoms with van der Waals surface area (Å²) < 4.78 is 26.2. The van der Waals surface area contributed by atoms with Crippen molar-refractivity contribution in [1.29, 1.82) is 0 Å². The summed E-state index contributed by atoms with van der Waals surface area (Å²) in [6.07, 6.45) is 3.95. The first-order valence-electron chi connectivity index (χ1n) is 5.28. The van der Waals surface area contributed by atoms with E-state index in [2.05, 4.69) is 31.7 Å². The first-order valence-corrected chi connectivity index (χ1v) is 6.77. The number of anilines is 1. The van der Waals surface area contributed by atoms with Gasteiger partial charge in [0.05, 0.1) is 12.7 Å². The van der Waals surface area contributed by atoms with E-state index in [-0.39, 0.29) is 17.3 Å². The van der Waals surface area contributed by atoms with Gasteiger partial charge in [-0.05, 0) is 12.1 Å². The first-order chi connectivity index (χ1) is 9.12. The van der Waals surface area contributed by atoms with Crippen LogP contribution in [0.15, 0.2) is 35.6 Å². The van der Waals surface area contributed by atoms with E-state index < -0.39 is 10.0 Å². The van der Waals surface area contributed by atoms with Crippen molar-refractivity contribution in [2.45, 2.75) is 4.90 Å². The number of nitrogens with zero attached hydrogens (tertiary/aromatic N) is 2. The summed E-state index contributed by atoms with van der Waals surface area (Å²) in [4.78, 5) is 3.96. The van der Waals surface area contributed by atoms with Crippen LogP contribution in [-0.2, 0) is 10.0 Å². The molecule has 0 aliphatic carbocycles. The highest BCUT2D eigenvalue weighted by Crippen LogP contribution is 2.13. The van der Waals surface area contributed by atoms with E-state index in [0.29, 0.717) is 5.56 Å². The van der Waals surface area contributed by atoms with E-state index in [0.717, 1.165) is 0 Å². The van der Waals surface area contributed by atoms with Crippen LogP contribution < -0.4 is 10.5 Å². The van der Waals surface area contributed by atoms with E-state index in [1.165, 1.54) is 24.7 Å². The van der Waals surface area contributed by atoms with Gasteiger partial charge in [0.1, 0.15) is 10.7 Å². The summed E-state index contributed by atoms with van der Waals surface area (Å²) in [5.74, 6) is 5.66. The van der Waals surface area contributed by atoms with Gasteiger partial charge >= 0.3 is 0 Å². The average molecular weight is 277 g/mol. The van der Waals surface area contributed by atoms with Crippen LogP contribution in [0, 0.1) is 11.8 Å². The zero-order valence-electron chi connectivity index (χ0n) is 9.79. The van der Waals surface area contributed by atoms with Gasteiger partial charge in [-0.25, -0.2) is 13.4 Å². The van der Waals surface area contributed by atoms with E-state index in [1.807, 2.05) is 0 Å². The number of pyridine rings is 1. The fraction of sp³-hybridized carbons (Fsp3) is 0.0909. The number of nitrogens with two attached hydrogens (primary N) is 1. The molecule has 0 bridgehead atoms. The second kappa shape index (κ2) is 5.51. The van der Waals surface area contributed by atoms with Gasteiger partial charge in [-0.2, -0.15) is 5.10 Å². The third kappa shape index (κ3) is 3.31. The number of rotatable bonds is 3. The average Bonchev–Trinajstić information content (AvgIpc) is 2.91. The minimum Gasteiger partial charge on any atom is -0.320 e. The number of sulfonamides is 1. The van der Waals surface area contributed by atoms with Crippen LogP contribution in [0.25, 0.3) is 0 Å². The summed E-state index contributed by atoms with van der Waals surface area (Å²) in [7, 11) is -3.69. The van der Waals surface area contributed by atoms with Crippen molar-refractivity contribution in [3.8, 4) is 11.8 Å². The number of H-pyrrole nitrogens is 1. The normalized spacial score (nSPS) is 10.6. The molecule has 19 heavy (non-hydrogen) atoms. The predicted octanol–water partition coefficient (Wildman–Crippen LogP) is -0.0843. The maximum atomic E-state index is 11.9. The molecule has 0 aromatic carbocycles. The van der Waals surface area contributed by atoms with Crippen molar-refractivity contribution in [1.82, 2.24) is 15.2 Å². The zero-order valence-corrected chi connectivity index (χ0v) is 10.6. The van der Waals surface area contributed by atoms with Gasteiger partial charge < -0.3 is 5.73 Å². The molecule has 8 heteroatoms. The summed E-state index contributed by atoms with van der Waals surface area (Å²) in [6, 6.07) is 3.19. The smallest absolute Gasteiger partial charge is 0.266 e. The van der Waals surface area contributed by atoms with Gasteiger partial charge in [-0.15, -0.1) is 0 Å². The van der Waals surface area contributed by atoms with Gasteiger partial charge in [0.2, 0.25) is 0 Å². The molecule has 0 saturated carbocycles. The van der Waals surface area contributed by atoms with Crippen LogP contribution in [0.5, 0.6) is 0 Å². The van der Waals surface area contributed by atoms with Crippen molar-refractivity contribution in [2.75, 3.05) is 11.3 Å². The highest BCUT2D eigenvalue weighted by Gasteiger charge is 2.15. The lowest BCUT2D eigenvalue weighted by atomic mass is 10.2. The SMILES string of the molecule is NCC#Cc1ccnc(NS(=O)(=O)c2cn[nH]c2)c1. The van der Waals surface area contributed by atoms with Crippen molar-refractivity contribution in [2.24, 2.45) is 5.73 Å². The van der Waals surface area contributed by atoms with Crippen molar-refractivity contribution < 1.29 is 8.42 Å². The second-order valence-electron chi connectivity index (χ2n) is 3.48. The quantitative estimate of drug-likeness (QED) is 0.679. The Balaban J connectivity index is 2.25. The molecule has 7 nitrogen and oxygen atoms in total. The predicted molar refractivity (Wildman–Crippen MR) is 69.6 cm³/mol. The van der Waals surface area contributed by atoms with Crippen LogP contribution in [0.3, 0.4) is 0 Å². The molecule has 2 rings (SSSR count). The highest BCUT2D eigenvalue weighted by atomic mass is 32.2. The Hall–Kier alpha value is -2.37. The maximum Gasteiger partial charge on any atom is 0.266 e. The second-order valence-corrected chi connectivity index (χ2v) is 5.16. The Labute approximate surface area is 110 Å². The summed E-state index contributed by atoms with van der Waals surface area (Å²) >= 11 is 0. The van der Waals surface area contributed by atoms with Gasteiger partial charge in [-0.3, -0.25) is 9.82 Å². The largest absolute Gasteiger partial charge is 0.320 e. The molecule has 0 fully saturated rings. The number of hydrogen-bond donors (Lipinski definition) is 3. The highest BCUT2D eigenvalue weighted by molar-refractivity contribution is 7.92. The third-order valence-corrected chi connectivity index (χ3v) is 3.44. The van der Waals surface area contributed by atoms with Gasteiger partial charge in [0.15, 0.2) is 0 Å². The van der Waals surface area contributed by atoms with Gasteiger partial charge in [0.25, 0.3) is 10.0 Å². The molecule has 0 aliphatic rings. The molecule has 2 aromatic rings. The lowest BCUT2D eigenvalue weighted by Crippen LogP contribution is -2.13. The molecule has 0 spiro atoms. The minimum absolute atomic E-state index is 0.0349. The molecule has 0 unspecified atom stereocenters. The lowest BCUT2D eigenvalue weighted by molar-refractivity contribution is 0.601. The number of aromatic amines is 1. The molecule has 4 N–H and O–H groups in total. The molecule has 0 saturated heterocycles. The van der Waals surface area contributed by atoms with E-state index in [9.17, 15) is 8.42 Å². The molecule has 0 radical (unpaired) electrons. The van der Waals surface area contributed by atoms with Crippen LogP contribution >= 0.6 is 0 Å². The molecular formula is C11H11N5O2S. The molecule has 98 valence electrons. The summed E-state index contributed by atoms with van der Waals surface area (Å²) in [6.45, 7) is 0.235. The molecule has 0 amide bonds. The lowest BCUT2D eigenvalue weighted by Gasteiger charge is -2.04. The monoisotopic (exact) mass is 277 g/mol. The Bertz CT molecular complexity index is 713. The number of nitrogens with one attached hydrogen (secondary N) is 2. The molecule has 2 heterocycles. The molecule has 0 aliphatic heterocycles. The van der Waals surface area contributed by atoms with Crippen molar-refractivity contribution in [3.63, 3.8) is 0 Å². The fourth-order valence-electron chi connectivity index (χ4n) is 1.30. The van der Waals surface area contributed by atoms with Crippen molar-refractivity contribution >= 4 is 15.8 Å². The summed E-state index contributed by atoms with van der Waals surface area (Å²) in [5.41, 5.74) is 5.90. The first kappa shape index (κ1) is 13.1. The van der Waals surface area contributed by atoms with Gasteiger partial charge in [-0.1, -0.05) is 11.8 Å². The maximum absolute atomic E-state index is 11.9. The van der Waals surface area contributed by atoms with E-state index in [4.69, 9.17) is 5.73 Å². The zero-order chi connectivity index (χ0) is 13.7. The van der Waals surface area contributed by atoms with Crippen LogP contribution in [0.2, 0.25) is 0 Å². The molecule has 2 aromatic heterocycles. The van der Waals surface area contributed by atoms with E-state index in [1.54, 1.807) is 6.07 Å². The Morgan fingerprint density at radius 1 is 1.47 bits per heavy atom. The minimum atomic E-state index is -3.69. The topological polar surface area (TPSA) is 114 Å². The van der Waals surface area contributed by atoms with Crippen LogP contribution in [-0.4, -0.2) is 30.1 Å². The standard InChI is InChI=1S/C11H11N5O2S/c12-4-1-2-9-3-5-13-11(6-9)16-19(17,18)10-7-14-15-8-10/h3,5-8H,4,12H2,(H,13,16)(H,14,15). The molecule has 0 atom stereocenters. The Morgan fingerprint density at radius 3 is 3.00 bits per heavy atom. The van der Waals surface area contributed by atoms with E-state index >= 15 is 0 Å². The molecular weight excluding hydrogens is 266 g/mol. The van der Waals surface area contributed by atoms with Crippen LogP contribution in [0.4, 0.5) is 5.82 Å². The number of aromatic nitrogens is 3. The Kier molecular flexibility index (Phi) is 3.79. The fourth-order valence-corrected chi connectivity index (χ4v) is 2.20. The number of hydrogen-bond acceptors (Lipinski definition) is 5. The van der Waals surface area contributed by atoms with Gasteiger partial charge in [0, 0.05) is 18.0 Å². The summed E-state index contributed by atoms with van der Waals surface area (Å²) in [5, 5.41) is 6.02.